The monoisotopic (exact) mass is 413 g/mol. The highest BCUT2D eigenvalue weighted by Gasteiger charge is 2.19. The smallest absolute Gasteiger partial charge is 0.246 e. The highest BCUT2D eigenvalue weighted by atomic mass is 19.1. The van der Waals surface area contributed by atoms with Gasteiger partial charge in [0.25, 0.3) is 0 Å². The van der Waals surface area contributed by atoms with Crippen LogP contribution >= 0.6 is 0 Å². The highest BCUT2D eigenvalue weighted by Crippen LogP contribution is 2.29. The molecule has 4 rings (SSSR count). The molecule has 8 heteroatoms. The maximum absolute atomic E-state index is 13.5. The number of rotatable bonds is 6. The molecule has 0 atom stereocenters. The number of halogens is 2. The van der Waals surface area contributed by atoms with Crippen molar-refractivity contribution in [3.8, 4) is 5.69 Å². The zero-order valence-corrected chi connectivity index (χ0v) is 16.9. The van der Waals surface area contributed by atoms with Crippen molar-refractivity contribution < 1.29 is 13.9 Å². The van der Waals surface area contributed by atoms with E-state index in [0.717, 1.165) is 55.4 Å². The lowest BCUT2D eigenvalue weighted by Crippen LogP contribution is -2.34. The molecule has 2 aromatic carbocycles. The third kappa shape index (κ3) is 4.76. The molecule has 158 valence electrons. The maximum atomic E-state index is 13.5. The Labute approximate surface area is 174 Å². The topological polar surface area (TPSA) is 66.2 Å². The van der Waals surface area contributed by atoms with Gasteiger partial charge >= 0.3 is 0 Å². The molecule has 2 heterocycles. The third-order valence-corrected chi connectivity index (χ3v) is 5.44. The highest BCUT2D eigenvalue weighted by molar-refractivity contribution is 5.64. The summed E-state index contributed by atoms with van der Waals surface area (Å²) in [6, 6.07) is 9.44. The number of anilines is 3. The molecule has 1 saturated heterocycles. The lowest BCUT2D eigenvalue weighted by molar-refractivity contribution is 0.240. The van der Waals surface area contributed by atoms with Crippen LogP contribution in [0.2, 0.25) is 0 Å². The van der Waals surface area contributed by atoms with E-state index in [9.17, 15) is 8.78 Å². The van der Waals surface area contributed by atoms with E-state index in [1.54, 1.807) is 0 Å². The summed E-state index contributed by atoms with van der Waals surface area (Å²) in [6.45, 7) is 4.22. The second kappa shape index (κ2) is 8.79. The average Bonchev–Trinajstić information content (AvgIpc) is 3.16. The Morgan fingerprint density at radius 1 is 1.03 bits per heavy atom. The van der Waals surface area contributed by atoms with E-state index < -0.39 is 11.6 Å². The van der Waals surface area contributed by atoms with Crippen molar-refractivity contribution in [2.75, 3.05) is 29.9 Å². The molecular weight excluding hydrogens is 388 g/mol. The molecule has 3 aromatic rings. The molecule has 1 aromatic heterocycles. The van der Waals surface area contributed by atoms with Gasteiger partial charge in [0, 0.05) is 37.1 Å². The van der Waals surface area contributed by atoms with Crippen molar-refractivity contribution in [1.82, 2.24) is 14.8 Å². The fourth-order valence-corrected chi connectivity index (χ4v) is 3.93. The number of nitrogens with zero attached hydrogens (tertiary/aromatic N) is 4. The van der Waals surface area contributed by atoms with Crippen molar-refractivity contribution in [2.45, 2.75) is 26.2 Å². The molecule has 30 heavy (non-hydrogen) atoms. The van der Waals surface area contributed by atoms with E-state index in [4.69, 9.17) is 5.11 Å². The molecule has 1 aliphatic heterocycles. The number of aryl methyl sites for hydroxylation is 1. The van der Waals surface area contributed by atoms with Gasteiger partial charge in [-0.2, -0.15) is 4.98 Å². The van der Waals surface area contributed by atoms with Crippen LogP contribution in [0, 0.1) is 24.5 Å². The molecule has 0 radical (unpaired) electrons. The van der Waals surface area contributed by atoms with Gasteiger partial charge in [-0.25, -0.2) is 13.5 Å². The van der Waals surface area contributed by atoms with Crippen LogP contribution in [0.1, 0.15) is 24.8 Å². The van der Waals surface area contributed by atoms with Gasteiger partial charge in [-0.15, -0.1) is 5.10 Å². The van der Waals surface area contributed by atoms with Gasteiger partial charge in [0.05, 0.1) is 5.69 Å². The van der Waals surface area contributed by atoms with Gasteiger partial charge in [0.2, 0.25) is 5.95 Å². The second-order valence-electron chi connectivity index (χ2n) is 7.77. The number of piperidine rings is 1. The van der Waals surface area contributed by atoms with E-state index in [2.05, 4.69) is 32.4 Å². The van der Waals surface area contributed by atoms with Gasteiger partial charge < -0.3 is 15.3 Å². The number of hydrogen-bond acceptors (Lipinski definition) is 5. The van der Waals surface area contributed by atoms with Crippen LogP contribution in [0.4, 0.5) is 26.1 Å². The van der Waals surface area contributed by atoms with Crippen LogP contribution in [-0.2, 0) is 0 Å². The quantitative estimate of drug-likeness (QED) is 0.634. The Hall–Kier alpha value is -3.00. The van der Waals surface area contributed by atoms with E-state index in [0.29, 0.717) is 11.9 Å². The lowest BCUT2D eigenvalue weighted by atomic mass is 9.93. The predicted octanol–water partition coefficient (Wildman–Crippen LogP) is 4.20. The van der Waals surface area contributed by atoms with Crippen LogP contribution in [0.3, 0.4) is 0 Å². The molecular formula is C22H25F2N5O. The normalized spacial score (nSPS) is 14.9. The van der Waals surface area contributed by atoms with Crippen molar-refractivity contribution >= 4 is 17.3 Å². The number of hydrogen-bond donors (Lipinski definition) is 2. The maximum Gasteiger partial charge on any atom is 0.246 e. The molecule has 2 N–H and O–H groups in total. The molecule has 1 aliphatic rings. The molecule has 6 nitrogen and oxygen atoms in total. The molecule has 0 aliphatic carbocycles. The first kappa shape index (κ1) is 20.3. The summed E-state index contributed by atoms with van der Waals surface area (Å²) in [7, 11) is 0. The fraction of sp³-hybridized carbons (Fsp3) is 0.364. The molecule has 0 saturated carbocycles. The molecule has 0 spiro atoms. The van der Waals surface area contributed by atoms with Crippen molar-refractivity contribution in [1.29, 1.82) is 0 Å². The molecule has 0 bridgehead atoms. The van der Waals surface area contributed by atoms with Crippen LogP contribution in [0.5, 0.6) is 0 Å². The Kier molecular flexibility index (Phi) is 5.94. The predicted molar refractivity (Wildman–Crippen MR) is 112 cm³/mol. The summed E-state index contributed by atoms with van der Waals surface area (Å²) in [6.07, 6.45) is 4.44. The summed E-state index contributed by atoms with van der Waals surface area (Å²) in [5.74, 6) is -0.394. The van der Waals surface area contributed by atoms with Gasteiger partial charge in [-0.1, -0.05) is 0 Å². The van der Waals surface area contributed by atoms with E-state index in [1.165, 1.54) is 23.1 Å². The Morgan fingerprint density at radius 3 is 2.47 bits per heavy atom. The number of benzene rings is 2. The first-order valence-electron chi connectivity index (χ1n) is 10.1. The average molecular weight is 413 g/mol. The van der Waals surface area contributed by atoms with Crippen LogP contribution in [-0.4, -0.2) is 39.6 Å². The summed E-state index contributed by atoms with van der Waals surface area (Å²) < 4.78 is 28.3. The number of aromatic nitrogens is 3. The van der Waals surface area contributed by atoms with Crippen LogP contribution in [0.25, 0.3) is 5.69 Å². The molecule has 0 amide bonds. The number of aliphatic hydroxyl groups is 1. The van der Waals surface area contributed by atoms with Gasteiger partial charge in [-0.05, 0) is 68.0 Å². The summed E-state index contributed by atoms with van der Waals surface area (Å²) in [4.78, 5) is 6.56. The first-order chi connectivity index (χ1) is 14.5. The van der Waals surface area contributed by atoms with Crippen LogP contribution in [0.15, 0.2) is 42.7 Å². The minimum Gasteiger partial charge on any atom is -0.396 e. The van der Waals surface area contributed by atoms with Crippen molar-refractivity contribution in [3.05, 3.63) is 59.9 Å². The van der Waals surface area contributed by atoms with E-state index in [1.807, 2.05) is 13.0 Å². The Balaban J connectivity index is 1.48. The minimum atomic E-state index is -0.666. The fourth-order valence-electron chi connectivity index (χ4n) is 3.93. The number of aliphatic hydroxyl groups excluding tert-OH is 1. The van der Waals surface area contributed by atoms with Gasteiger partial charge in [0.15, 0.2) is 0 Å². The van der Waals surface area contributed by atoms with Crippen LogP contribution < -0.4 is 10.2 Å². The summed E-state index contributed by atoms with van der Waals surface area (Å²) in [5.41, 5.74) is 3.36. The van der Waals surface area contributed by atoms with E-state index >= 15 is 0 Å². The second-order valence-corrected chi connectivity index (χ2v) is 7.77. The summed E-state index contributed by atoms with van der Waals surface area (Å²) >= 11 is 0. The number of nitrogens with one attached hydrogen (secondary N) is 1. The summed E-state index contributed by atoms with van der Waals surface area (Å²) in [5, 5.41) is 16.6. The standard InChI is InChI=1S/C22H25F2N5O/c1-15-8-19(13-20(9-15)28-5-2-16(3-6-28)4-7-30)26-22-25-14-29(27-22)21-11-17(23)10-18(24)12-21/h8-14,16,30H,2-7H2,1H3,(H,26,27). The first-order valence-corrected chi connectivity index (χ1v) is 10.1. The Morgan fingerprint density at radius 2 is 1.77 bits per heavy atom. The third-order valence-electron chi connectivity index (χ3n) is 5.44. The van der Waals surface area contributed by atoms with Crippen molar-refractivity contribution in [2.24, 2.45) is 5.92 Å². The van der Waals surface area contributed by atoms with E-state index in [-0.39, 0.29) is 12.3 Å². The molecule has 0 unspecified atom stereocenters. The zero-order valence-electron chi connectivity index (χ0n) is 16.9. The van der Waals surface area contributed by atoms with Gasteiger partial charge in [0.1, 0.15) is 18.0 Å². The Bertz CT molecular complexity index is 994. The zero-order chi connectivity index (χ0) is 21.1. The lowest BCUT2D eigenvalue weighted by Gasteiger charge is -2.33. The largest absolute Gasteiger partial charge is 0.396 e. The molecule has 1 fully saturated rings. The van der Waals surface area contributed by atoms with Gasteiger partial charge in [-0.3, -0.25) is 0 Å². The van der Waals surface area contributed by atoms with Crippen molar-refractivity contribution in [3.63, 3.8) is 0 Å². The SMILES string of the molecule is Cc1cc(Nc2ncn(-c3cc(F)cc(F)c3)n2)cc(N2CCC(CCO)CC2)c1. The minimum absolute atomic E-state index is 0.255.